The number of hydrogen-bond donors (Lipinski definition) is 2. The number of amides is 1. The van der Waals surface area contributed by atoms with Gasteiger partial charge in [0, 0.05) is 18.3 Å². The van der Waals surface area contributed by atoms with Gasteiger partial charge in [-0.3, -0.25) is 4.79 Å². The van der Waals surface area contributed by atoms with Crippen LogP contribution >= 0.6 is 0 Å². The summed E-state index contributed by atoms with van der Waals surface area (Å²) in [5.74, 6) is -0.0987. The van der Waals surface area contributed by atoms with Crippen LogP contribution in [0.5, 0.6) is 0 Å². The molecule has 1 heterocycles. The van der Waals surface area contributed by atoms with Gasteiger partial charge in [0.15, 0.2) is 0 Å². The zero-order valence-corrected chi connectivity index (χ0v) is 9.52. The summed E-state index contributed by atoms with van der Waals surface area (Å²) in [7, 11) is 0. The Morgan fingerprint density at radius 3 is 3.00 bits per heavy atom. The van der Waals surface area contributed by atoms with E-state index in [-0.39, 0.29) is 18.6 Å². The molecule has 2 N–H and O–H groups in total. The molecule has 0 spiro atoms. The molecule has 0 bridgehead atoms. The highest BCUT2D eigenvalue weighted by Gasteiger charge is 2.23. The van der Waals surface area contributed by atoms with E-state index in [9.17, 15) is 4.79 Å². The Morgan fingerprint density at radius 1 is 1.69 bits per heavy atom. The molecule has 1 aliphatic carbocycles. The number of hydrogen-bond acceptors (Lipinski definition) is 2. The van der Waals surface area contributed by atoms with Gasteiger partial charge in [0.1, 0.15) is 5.69 Å². The van der Waals surface area contributed by atoms with E-state index in [1.165, 1.54) is 6.42 Å². The lowest BCUT2D eigenvalue weighted by Crippen LogP contribution is -2.36. The van der Waals surface area contributed by atoms with Gasteiger partial charge in [-0.1, -0.05) is 0 Å². The van der Waals surface area contributed by atoms with Gasteiger partial charge in [0.25, 0.3) is 5.91 Å². The monoisotopic (exact) mass is 222 g/mol. The zero-order chi connectivity index (χ0) is 11.5. The van der Waals surface area contributed by atoms with Crippen LogP contribution in [0.1, 0.15) is 42.7 Å². The molecule has 0 aliphatic heterocycles. The number of aliphatic hydroxyl groups is 1. The minimum absolute atomic E-state index is 0.0319. The van der Waals surface area contributed by atoms with Crippen LogP contribution in [0.2, 0.25) is 0 Å². The molecule has 88 valence electrons. The van der Waals surface area contributed by atoms with E-state index >= 15 is 0 Å². The lowest BCUT2D eigenvalue weighted by molar-refractivity contribution is 0.0907. The topological polar surface area (TPSA) is 54.3 Å². The molecular formula is C12H18N2O2. The van der Waals surface area contributed by atoms with Gasteiger partial charge in [0.05, 0.1) is 6.61 Å². The summed E-state index contributed by atoms with van der Waals surface area (Å²) in [4.78, 5) is 11.9. The Kier molecular flexibility index (Phi) is 3.29. The average molecular weight is 222 g/mol. The molecule has 1 aromatic heterocycles. The fraction of sp³-hybridized carbons (Fsp3) is 0.583. The van der Waals surface area contributed by atoms with Crippen LogP contribution in [0.15, 0.2) is 18.3 Å². The van der Waals surface area contributed by atoms with Crippen LogP contribution in [-0.2, 0) is 0 Å². The van der Waals surface area contributed by atoms with Gasteiger partial charge in [-0.2, -0.15) is 0 Å². The quantitative estimate of drug-likeness (QED) is 0.807. The van der Waals surface area contributed by atoms with E-state index in [1.54, 1.807) is 6.92 Å². The van der Waals surface area contributed by atoms with Gasteiger partial charge in [-0.25, -0.2) is 0 Å². The molecule has 4 heteroatoms. The largest absolute Gasteiger partial charge is 0.394 e. The molecule has 1 atom stereocenters. The van der Waals surface area contributed by atoms with Gasteiger partial charge in [0.2, 0.25) is 0 Å². The van der Waals surface area contributed by atoms with Crippen LogP contribution in [-0.4, -0.2) is 28.2 Å². The van der Waals surface area contributed by atoms with Crippen molar-refractivity contribution in [2.45, 2.75) is 38.3 Å². The van der Waals surface area contributed by atoms with Crippen molar-refractivity contribution in [3.8, 4) is 0 Å². The van der Waals surface area contributed by atoms with E-state index in [2.05, 4.69) is 5.32 Å². The number of aromatic nitrogens is 1. The van der Waals surface area contributed by atoms with Crippen molar-refractivity contribution < 1.29 is 9.90 Å². The minimum atomic E-state index is -0.197. The maximum absolute atomic E-state index is 11.9. The fourth-order valence-corrected chi connectivity index (χ4v) is 1.91. The average Bonchev–Trinajstić information content (AvgIpc) is 2.63. The number of rotatable bonds is 4. The first-order valence-corrected chi connectivity index (χ1v) is 5.81. The Labute approximate surface area is 95.3 Å². The molecular weight excluding hydrogens is 204 g/mol. The summed E-state index contributed by atoms with van der Waals surface area (Å²) in [6, 6.07) is 4.02. The standard InChI is InChI=1S/C12H18N2O2/c1-9(8-15)13-12(16)11-6-3-7-14(11)10-4-2-5-10/h3,6-7,9-10,15H,2,4-5,8H2,1H3,(H,13,16). The summed E-state index contributed by atoms with van der Waals surface area (Å²) >= 11 is 0. The Hall–Kier alpha value is -1.29. The second kappa shape index (κ2) is 4.70. The predicted molar refractivity (Wildman–Crippen MR) is 61.3 cm³/mol. The van der Waals surface area contributed by atoms with Gasteiger partial charge in [-0.05, 0) is 38.3 Å². The SMILES string of the molecule is CC(CO)NC(=O)c1cccn1C1CCC1. The van der Waals surface area contributed by atoms with Crippen molar-refractivity contribution in [1.82, 2.24) is 9.88 Å². The molecule has 0 aromatic carbocycles. The summed E-state index contributed by atoms with van der Waals surface area (Å²) in [6.07, 6.45) is 5.52. The Balaban J connectivity index is 2.07. The van der Waals surface area contributed by atoms with E-state index in [0.717, 1.165) is 12.8 Å². The van der Waals surface area contributed by atoms with Crippen molar-refractivity contribution >= 4 is 5.91 Å². The van der Waals surface area contributed by atoms with Crippen LogP contribution in [0.4, 0.5) is 0 Å². The Morgan fingerprint density at radius 2 is 2.44 bits per heavy atom. The normalized spacial score (nSPS) is 17.9. The van der Waals surface area contributed by atoms with E-state index in [4.69, 9.17) is 5.11 Å². The van der Waals surface area contributed by atoms with E-state index in [0.29, 0.717) is 11.7 Å². The summed E-state index contributed by atoms with van der Waals surface area (Å²) in [5, 5.41) is 11.7. The van der Waals surface area contributed by atoms with Gasteiger partial charge < -0.3 is 15.0 Å². The number of carbonyl (C=O) groups excluding carboxylic acids is 1. The molecule has 1 aliphatic rings. The summed E-state index contributed by atoms with van der Waals surface area (Å²) in [6.45, 7) is 1.75. The van der Waals surface area contributed by atoms with Gasteiger partial charge in [-0.15, -0.1) is 0 Å². The zero-order valence-electron chi connectivity index (χ0n) is 9.52. The molecule has 0 radical (unpaired) electrons. The number of nitrogens with zero attached hydrogens (tertiary/aromatic N) is 1. The highest BCUT2D eigenvalue weighted by Crippen LogP contribution is 2.32. The number of carbonyl (C=O) groups is 1. The lowest BCUT2D eigenvalue weighted by atomic mass is 9.93. The maximum atomic E-state index is 11.9. The van der Waals surface area contributed by atoms with Crippen molar-refractivity contribution in [1.29, 1.82) is 0 Å². The lowest BCUT2D eigenvalue weighted by Gasteiger charge is -2.29. The maximum Gasteiger partial charge on any atom is 0.268 e. The molecule has 16 heavy (non-hydrogen) atoms. The second-order valence-corrected chi connectivity index (χ2v) is 4.44. The second-order valence-electron chi connectivity index (χ2n) is 4.44. The van der Waals surface area contributed by atoms with Gasteiger partial charge >= 0.3 is 0 Å². The smallest absolute Gasteiger partial charge is 0.268 e. The van der Waals surface area contributed by atoms with Crippen molar-refractivity contribution in [3.63, 3.8) is 0 Å². The summed E-state index contributed by atoms with van der Waals surface area (Å²) in [5.41, 5.74) is 0.699. The third kappa shape index (κ3) is 2.11. The first-order valence-electron chi connectivity index (χ1n) is 5.81. The predicted octanol–water partition coefficient (Wildman–Crippen LogP) is 1.32. The van der Waals surface area contributed by atoms with Crippen LogP contribution in [0, 0.1) is 0 Å². The van der Waals surface area contributed by atoms with Crippen LogP contribution < -0.4 is 5.32 Å². The molecule has 1 saturated carbocycles. The van der Waals surface area contributed by atoms with E-state index < -0.39 is 0 Å². The molecule has 1 amide bonds. The van der Waals surface area contributed by atoms with Crippen LogP contribution in [0.25, 0.3) is 0 Å². The van der Waals surface area contributed by atoms with Crippen LogP contribution in [0.3, 0.4) is 0 Å². The minimum Gasteiger partial charge on any atom is -0.394 e. The number of aliphatic hydroxyl groups excluding tert-OH is 1. The molecule has 1 unspecified atom stereocenters. The third-order valence-corrected chi connectivity index (χ3v) is 3.13. The molecule has 4 nitrogen and oxygen atoms in total. The van der Waals surface area contributed by atoms with Crippen molar-refractivity contribution in [2.75, 3.05) is 6.61 Å². The highest BCUT2D eigenvalue weighted by molar-refractivity contribution is 5.93. The third-order valence-electron chi connectivity index (χ3n) is 3.13. The molecule has 1 aromatic rings. The first-order chi connectivity index (χ1) is 7.72. The molecule has 1 fully saturated rings. The Bertz CT molecular complexity index is 369. The van der Waals surface area contributed by atoms with Crippen molar-refractivity contribution in [3.05, 3.63) is 24.0 Å². The number of nitrogens with one attached hydrogen (secondary N) is 1. The fourth-order valence-electron chi connectivity index (χ4n) is 1.91. The summed E-state index contributed by atoms with van der Waals surface area (Å²) < 4.78 is 2.04. The van der Waals surface area contributed by atoms with Crippen molar-refractivity contribution in [2.24, 2.45) is 0 Å². The van der Waals surface area contributed by atoms with E-state index in [1.807, 2.05) is 22.9 Å². The first kappa shape index (κ1) is 11.2. The highest BCUT2D eigenvalue weighted by atomic mass is 16.3. The molecule has 2 rings (SSSR count). The molecule has 0 saturated heterocycles.